The van der Waals surface area contributed by atoms with Gasteiger partial charge in [-0.2, -0.15) is 12.6 Å². The number of hydrogen-bond acceptors (Lipinski definition) is 4. The van der Waals surface area contributed by atoms with Gasteiger partial charge in [0.1, 0.15) is 0 Å². The Morgan fingerprint density at radius 2 is 2.55 bits per heavy atom. The van der Waals surface area contributed by atoms with E-state index in [1.165, 1.54) is 6.42 Å². The van der Waals surface area contributed by atoms with Crippen LogP contribution in [0.4, 0.5) is 0 Å². The van der Waals surface area contributed by atoms with Crippen molar-refractivity contribution >= 4 is 18.6 Å². The number of hydrogen-bond donors (Lipinski definition) is 2. The van der Waals surface area contributed by atoms with Gasteiger partial charge in [0.25, 0.3) is 0 Å². The molecule has 1 saturated heterocycles. The van der Waals surface area contributed by atoms with Crippen molar-refractivity contribution in [3.63, 3.8) is 0 Å². The van der Waals surface area contributed by atoms with Gasteiger partial charge in [-0.05, 0) is 6.42 Å². The molecule has 0 aromatic rings. The molecule has 0 bridgehead atoms. The fraction of sp³-hybridized carbons (Fsp3) is 0.857. The molecule has 2 aliphatic heterocycles. The van der Waals surface area contributed by atoms with Crippen LogP contribution in [0.15, 0.2) is 4.99 Å². The Hall–Kier alpha value is -0.380. The third kappa shape index (κ3) is 1.45. The van der Waals surface area contributed by atoms with E-state index in [1.54, 1.807) is 0 Å². The van der Waals surface area contributed by atoms with Crippen molar-refractivity contribution in [1.82, 2.24) is 10.2 Å². The smallest absolute Gasteiger partial charge is 0.194 e. The van der Waals surface area contributed by atoms with Crippen LogP contribution in [0.2, 0.25) is 0 Å². The highest BCUT2D eigenvalue weighted by molar-refractivity contribution is 7.81. The summed E-state index contributed by atoms with van der Waals surface area (Å²) in [5.74, 6) is 1.08. The average Bonchev–Trinajstić information content (AvgIpc) is 2.55. The van der Waals surface area contributed by atoms with Crippen molar-refractivity contribution in [3.05, 3.63) is 0 Å². The first kappa shape index (κ1) is 7.28. The lowest BCUT2D eigenvalue weighted by atomic mass is 10.4. The first-order valence-corrected chi connectivity index (χ1v) is 4.59. The zero-order valence-electron chi connectivity index (χ0n) is 6.45. The molecule has 3 nitrogen and oxygen atoms in total. The summed E-state index contributed by atoms with van der Waals surface area (Å²) < 4.78 is 0. The molecule has 0 radical (unpaired) electrons. The van der Waals surface area contributed by atoms with E-state index in [-0.39, 0.29) is 0 Å². The van der Waals surface area contributed by atoms with Gasteiger partial charge < -0.3 is 10.2 Å². The number of nitrogens with one attached hydrogen (secondary N) is 1. The number of likely N-dealkylation sites (tertiary alicyclic amines) is 1. The van der Waals surface area contributed by atoms with Crippen LogP contribution in [0.1, 0.15) is 6.42 Å². The summed E-state index contributed by atoms with van der Waals surface area (Å²) in [4.78, 5) is 6.63. The van der Waals surface area contributed by atoms with Crippen LogP contribution in [0.5, 0.6) is 0 Å². The molecule has 0 amide bonds. The minimum Gasteiger partial charge on any atom is -0.354 e. The predicted octanol–water partition coefficient (Wildman–Crippen LogP) is -0.0503. The normalized spacial score (nSPS) is 30.5. The Balaban J connectivity index is 1.95. The van der Waals surface area contributed by atoms with Crippen molar-refractivity contribution in [2.24, 2.45) is 4.99 Å². The van der Waals surface area contributed by atoms with Crippen LogP contribution in [0.25, 0.3) is 0 Å². The molecule has 0 aromatic heterocycles. The van der Waals surface area contributed by atoms with E-state index in [4.69, 9.17) is 0 Å². The molecular weight excluding hydrogens is 158 g/mol. The highest BCUT2D eigenvalue weighted by Crippen LogP contribution is 2.14. The molecule has 2 heterocycles. The summed E-state index contributed by atoms with van der Waals surface area (Å²) in [6, 6.07) is 0. The maximum absolute atomic E-state index is 4.42. The van der Waals surface area contributed by atoms with E-state index in [0.717, 1.165) is 32.1 Å². The molecule has 11 heavy (non-hydrogen) atoms. The van der Waals surface area contributed by atoms with Crippen molar-refractivity contribution in [1.29, 1.82) is 0 Å². The standard InChI is InChI=1S/C7H13N3S/c11-6-1-4-10(5-6)7-8-2-3-9-7/h6,11H,1-5H2,(H,8,9). The van der Waals surface area contributed by atoms with Gasteiger partial charge >= 0.3 is 0 Å². The summed E-state index contributed by atoms with van der Waals surface area (Å²) in [5.41, 5.74) is 0. The number of rotatable bonds is 0. The molecule has 1 N–H and O–H groups in total. The largest absolute Gasteiger partial charge is 0.354 e. The van der Waals surface area contributed by atoms with E-state index < -0.39 is 0 Å². The molecular formula is C7H13N3S. The Labute approximate surface area is 72.3 Å². The van der Waals surface area contributed by atoms with Gasteiger partial charge in [-0.15, -0.1) is 0 Å². The van der Waals surface area contributed by atoms with Crippen molar-refractivity contribution in [2.45, 2.75) is 11.7 Å². The van der Waals surface area contributed by atoms with Gasteiger partial charge in [0.05, 0.1) is 6.54 Å². The molecule has 2 aliphatic rings. The molecule has 1 unspecified atom stereocenters. The maximum Gasteiger partial charge on any atom is 0.194 e. The Kier molecular flexibility index (Phi) is 1.94. The van der Waals surface area contributed by atoms with Gasteiger partial charge in [0, 0.05) is 24.9 Å². The molecule has 0 aliphatic carbocycles. The minimum atomic E-state index is 0.542. The van der Waals surface area contributed by atoms with Crippen LogP contribution < -0.4 is 5.32 Å². The fourth-order valence-electron chi connectivity index (χ4n) is 1.53. The number of guanidine groups is 1. The molecule has 0 aromatic carbocycles. The van der Waals surface area contributed by atoms with Gasteiger partial charge in [-0.3, -0.25) is 4.99 Å². The monoisotopic (exact) mass is 171 g/mol. The average molecular weight is 171 g/mol. The van der Waals surface area contributed by atoms with E-state index in [0.29, 0.717) is 5.25 Å². The summed E-state index contributed by atoms with van der Waals surface area (Å²) in [7, 11) is 0. The molecule has 62 valence electrons. The van der Waals surface area contributed by atoms with Crippen LogP contribution in [0.3, 0.4) is 0 Å². The molecule has 0 saturated carbocycles. The van der Waals surface area contributed by atoms with Crippen molar-refractivity contribution < 1.29 is 0 Å². The summed E-state index contributed by atoms with van der Waals surface area (Å²) >= 11 is 4.42. The van der Waals surface area contributed by atoms with Crippen LogP contribution in [0, 0.1) is 0 Å². The van der Waals surface area contributed by atoms with Gasteiger partial charge in [0.2, 0.25) is 0 Å². The Morgan fingerprint density at radius 1 is 1.64 bits per heavy atom. The van der Waals surface area contributed by atoms with Gasteiger partial charge in [-0.1, -0.05) is 0 Å². The zero-order chi connectivity index (χ0) is 7.68. The van der Waals surface area contributed by atoms with Crippen LogP contribution >= 0.6 is 12.6 Å². The lowest BCUT2D eigenvalue weighted by Crippen LogP contribution is -2.37. The van der Waals surface area contributed by atoms with E-state index >= 15 is 0 Å². The lowest BCUT2D eigenvalue weighted by molar-refractivity contribution is 0.506. The topological polar surface area (TPSA) is 27.6 Å². The highest BCUT2D eigenvalue weighted by Gasteiger charge is 2.23. The highest BCUT2D eigenvalue weighted by atomic mass is 32.1. The SMILES string of the molecule is SC1CCN(C2=NCCN2)C1. The minimum absolute atomic E-state index is 0.542. The Morgan fingerprint density at radius 3 is 3.09 bits per heavy atom. The van der Waals surface area contributed by atoms with E-state index in [2.05, 4.69) is 27.8 Å². The maximum atomic E-state index is 4.42. The molecule has 4 heteroatoms. The molecule has 1 atom stereocenters. The third-order valence-corrected chi connectivity index (χ3v) is 2.54. The van der Waals surface area contributed by atoms with Crippen molar-refractivity contribution in [2.75, 3.05) is 26.2 Å². The van der Waals surface area contributed by atoms with Gasteiger partial charge in [0.15, 0.2) is 5.96 Å². The first-order chi connectivity index (χ1) is 5.36. The van der Waals surface area contributed by atoms with E-state index in [1.807, 2.05) is 0 Å². The molecule has 1 fully saturated rings. The number of aliphatic imine (C=N–C) groups is 1. The summed E-state index contributed by atoms with van der Waals surface area (Å²) in [5, 5.41) is 3.80. The fourth-order valence-corrected chi connectivity index (χ4v) is 1.84. The first-order valence-electron chi connectivity index (χ1n) is 4.07. The second kappa shape index (κ2) is 2.93. The third-order valence-electron chi connectivity index (χ3n) is 2.12. The summed E-state index contributed by atoms with van der Waals surface area (Å²) in [6.45, 7) is 4.10. The summed E-state index contributed by atoms with van der Waals surface area (Å²) in [6.07, 6.45) is 1.18. The second-order valence-corrected chi connectivity index (χ2v) is 3.75. The van der Waals surface area contributed by atoms with Crippen LogP contribution in [-0.2, 0) is 0 Å². The Bertz CT molecular complexity index is 181. The number of nitrogens with zero attached hydrogens (tertiary/aromatic N) is 2. The van der Waals surface area contributed by atoms with Crippen LogP contribution in [-0.4, -0.2) is 42.3 Å². The van der Waals surface area contributed by atoms with Gasteiger partial charge in [-0.25, -0.2) is 0 Å². The van der Waals surface area contributed by atoms with Crippen molar-refractivity contribution in [3.8, 4) is 0 Å². The van der Waals surface area contributed by atoms with E-state index in [9.17, 15) is 0 Å². The number of thiol groups is 1. The molecule has 0 spiro atoms. The quantitative estimate of drug-likeness (QED) is 0.500. The second-order valence-electron chi connectivity index (χ2n) is 3.02. The zero-order valence-corrected chi connectivity index (χ0v) is 7.35. The predicted molar refractivity (Wildman–Crippen MR) is 49.3 cm³/mol. The molecule has 2 rings (SSSR count). The lowest BCUT2D eigenvalue weighted by Gasteiger charge is -2.16.